The maximum atomic E-state index is 4.67. The molecular formula is C13H18N4. The van der Waals surface area contributed by atoms with Gasteiger partial charge in [-0.05, 0) is 32.0 Å². The molecule has 2 N–H and O–H groups in total. The predicted octanol–water partition coefficient (Wildman–Crippen LogP) is 1.75. The molecular weight excluding hydrogens is 212 g/mol. The fourth-order valence-electron chi connectivity index (χ4n) is 2.56. The lowest BCUT2D eigenvalue weighted by molar-refractivity contribution is 0.635. The molecule has 2 aromatic rings. The minimum atomic E-state index is 0.570. The second kappa shape index (κ2) is 4.37. The Morgan fingerprint density at radius 2 is 2.29 bits per heavy atom. The van der Waals surface area contributed by atoms with Gasteiger partial charge in [0.25, 0.3) is 0 Å². The number of aromatic amines is 1. The Hall–Kier alpha value is -1.55. The number of aromatic nitrogens is 2. The molecule has 0 aliphatic carbocycles. The number of para-hydroxylation sites is 2. The van der Waals surface area contributed by atoms with Gasteiger partial charge in [-0.25, -0.2) is 4.98 Å². The van der Waals surface area contributed by atoms with Gasteiger partial charge in [0.15, 0.2) is 0 Å². The van der Waals surface area contributed by atoms with Crippen LogP contribution in [0.2, 0.25) is 0 Å². The summed E-state index contributed by atoms with van der Waals surface area (Å²) >= 11 is 0. The van der Waals surface area contributed by atoms with Crippen molar-refractivity contribution in [3.8, 4) is 0 Å². The molecule has 1 fully saturated rings. The van der Waals surface area contributed by atoms with Gasteiger partial charge in [-0.1, -0.05) is 12.1 Å². The second-order valence-corrected chi connectivity index (χ2v) is 4.51. The van der Waals surface area contributed by atoms with Crippen LogP contribution in [0.3, 0.4) is 0 Å². The van der Waals surface area contributed by atoms with E-state index in [4.69, 9.17) is 0 Å². The van der Waals surface area contributed by atoms with E-state index < -0.39 is 0 Å². The van der Waals surface area contributed by atoms with Gasteiger partial charge in [0, 0.05) is 19.1 Å². The molecule has 4 heteroatoms. The van der Waals surface area contributed by atoms with Gasteiger partial charge in [-0.15, -0.1) is 0 Å². The number of nitrogens with zero attached hydrogens (tertiary/aromatic N) is 2. The van der Waals surface area contributed by atoms with Gasteiger partial charge in [0.1, 0.15) is 0 Å². The highest BCUT2D eigenvalue weighted by molar-refractivity contribution is 5.77. The first-order chi connectivity index (χ1) is 8.38. The third-order valence-corrected chi connectivity index (χ3v) is 3.46. The summed E-state index contributed by atoms with van der Waals surface area (Å²) in [6.07, 6.45) is 1.20. The third kappa shape index (κ3) is 1.89. The lowest BCUT2D eigenvalue weighted by Crippen LogP contribution is -2.37. The van der Waals surface area contributed by atoms with Crippen molar-refractivity contribution in [3.05, 3.63) is 24.3 Å². The van der Waals surface area contributed by atoms with Crippen molar-refractivity contribution in [2.75, 3.05) is 24.5 Å². The van der Waals surface area contributed by atoms with Crippen LogP contribution in [0.4, 0.5) is 5.95 Å². The van der Waals surface area contributed by atoms with Crippen LogP contribution in [0.1, 0.15) is 13.3 Å². The zero-order valence-corrected chi connectivity index (χ0v) is 10.1. The van der Waals surface area contributed by atoms with Crippen molar-refractivity contribution >= 4 is 17.0 Å². The lowest BCUT2D eigenvalue weighted by atomic mass is 10.2. The molecule has 1 aliphatic rings. The Bertz CT molecular complexity index is 466. The maximum Gasteiger partial charge on any atom is 0.204 e. The normalized spacial score (nSPS) is 19.9. The third-order valence-electron chi connectivity index (χ3n) is 3.46. The molecule has 0 spiro atoms. The topological polar surface area (TPSA) is 44.0 Å². The highest BCUT2D eigenvalue weighted by Gasteiger charge is 2.23. The van der Waals surface area contributed by atoms with E-state index in [9.17, 15) is 0 Å². The number of hydrogen-bond donors (Lipinski definition) is 2. The molecule has 17 heavy (non-hydrogen) atoms. The quantitative estimate of drug-likeness (QED) is 0.844. The summed E-state index contributed by atoms with van der Waals surface area (Å²) in [5.41, 5.74) is 2.17. The number of imidazole rings is 1. The van der Waals surface area contributed by atoms with Crippen molar-refractivity contribution in [2.45, 2.75) is 19.4 Å². The van der Waals surface area contributed by atoms with Gasteiger partial charge in [0.05, 0.1) is 11.0 Å². The smallest absolute Gasteiger partial charge is 0.204 e. The van der Waals surface area contributed by atoms with Crippen LogP contribution in [0, 0.1) is 0 Å². The second-order valence-electron chi connectivity index (χ2n) is 4.51. The largest absolute Gasteiger partial charge is 0.338 e. The summed E-state index contributed by atoms with van der Waals surface area (Å²) < 4.78 is 0. The van der Waals surface area contributed by atoms with E-state index in [1.54, 1.807) is 0 Å². The lowest BCUT2D eigenvalue weighted by Gasteiger charge is -2.26. The van der Waals surface area contributed by atoms with Crippen LogP contribution in [0.15, 0.2) is 24.3 Å². The molecule has 1 saturated heterocycles. The number of fused-ring (bicyclic) bond motifs is 1. The number of anilines is 1. The fourth-order valence-corrected chi connectivity index (χ4v) is 2.56. The first kappa shape index (κ1) is 10.6. The standard InChI is InChI=1S/C13H18N4/c1-2-17(10-7-8-14-9-10)13-15-11-5-3-4-6-12(11)16-13/h3-6,10,14H,2,7-9H2,1H3,(H,15,16). The molecule has 90 valence electrons. The van der Waals surface area contributed by atoms with E-state index in [-0.39, 0.29) is 0 Å². The predicted molar refractivity (Wildman–Crippen MR) is 70.4 cm³/mol. The highest BCUT2D eigenvalue weighted by Crippen LogP contribution is 2.20. The van der Waals surface area contributed by atoms with Crippen molar-refractivity contribution in [1.82, 2.24) is 15.3 Å². The number of benzene rings is 1. The molecule has 0 radical (unpaired) electrons. The Labute approximate surface area is 101 Å². The molecule has 1 aliphatic heterocycles. The van der Waals surface area contributed by atoms with Crippen LogP contribution in [-0.2, 0) is 0 Å². The van der Waals surface area contributed by atoms with E-state index in [1.807, 2.05) is 12.1 Å². The number of H-pyrrole nitrogens is 1. The van der Waals surface area contributed by atoms with E-state index in [0.29, 0.717) is 6.04 Å². The van der Waals surface area contributed by atoms with Gasteiger partial charge in [-0.3, -0.25) is 0 Å². The van der Waals surface area contributed by atoms with Crippen LogP contribution in [-0.4, -0.2) is 35.6 Å². The van der Waals surface area contributed by atoms with E-state index >= 15 is 0 Å². The number of hydrogen-bond acceptors (Lipinski definition) is 3. The summed E-state index contributed by atoms with van der Waals surface area (Å²) in [5.74, 6) is 1.00. The van der Waals surface area contributed by atoms with E-state index in [1.165, 1.54) is 6.42 Å². The average Bonchev–Trinajstić information content (AvgIpc) is 2.98. The van der Waals surface area contributed by atoms with Crippen molar-refractivity contribution in [3.63, 3.8) is 0 Å². The molecule has 4 nitrogen and oxygen atoms in total. The van der Waals surface area contributed by atoms with Crippen molar-refractivity contribution < 1.29 is 0 Å². The summed E-state index contributed by atoms with van der Waals surface area (Å²) in [6.45, 7) is 5.35. The van der Waals surface area contributed by atoms with Crippen LogP contribution >= 0.6 is 0 Å². The van der Waals surface area contributed by atoms with E-state index in [0.717, 1.165) is 36.6 Å². The van der Waals surface area contributed by atoms with E-state index in [2.05, 4.69) is 39.2 Å². The van der Waals surface area contributed by atoms with Gasteiger partial charge >= 0.3 is 0 Å². The Kier molecular flexibility index (Phi) is 2.73. The molecule has 1 unspecified atom stereocenters. The van der Waals surface area contributed by atoms with Gasteiger partial charge in [-0.2, -0.15) is 0 Å². The monoisotopic (exact) mass is 230 g/mol. The minimum Gasteiger partial charge on any atom is -0.338 e. The average molecular weight is 230 g/mol. The molecule has 0 amide bonds. The summed E-state index contributed by atoms with van der Waals surface area (Å²) in [6, 6.07) is 8.77. The van der Waals surface area contributed by atoms with Gasteiger partial charge in [0.2, 0.25) is 5.95 Å². The molecule has 1 aromatic carbocycles. The maximum absolute atomic E-state index is 4.67. The molecule has 0 bridgehead atoms. The number of likely N-dealkylation sites (N-methyl/N-ethyl adjacent to an activating group) is 1. The first-order valence-electron chi connectivity index (χ1n) is 6.30. The minimum absolute atomic E-state index is 0.570. The van der Waals surface area contributed by atoms with Crippen LogP contribution in [0.25, 0.3) is 11.0 Å². The fraction of sp³-hybridized carbons (Fsp3) is 0.462. The zero-order chi connectivity index (χ0) is 11.7. The van der Waals surface area contributed by atoms with Crippen LogP contribution in [0.5, 0.6) is 0 Å². The summed E-state index contributed by atoms with van der Waals surface area (Å²) in [4.78, 5) is 10.4. The molecule has 1 atom stereocenters. The molecule has 3 rings (SSSR count). The Balaban J connectivity index is 1.94. The first-order valence-corrected chi connectivity index (χ1v) is 6.30. The zero-order valence-electron chi connectivity index (χ0n) is 10.1. The molecule has 0 saturated carbocycles. The number of rotatable bonds is 3. The SMILES string of the molecule is CCN(c1nc2ccccc2[nH]1)C1CCNC1. The molecule has 1 aromatic heterocycles. The number of nitrogens with one attached hydrogen (secondary N) is 2. The Morgan fingerprint density at radius 1 is 1.41 bits per heavy atom. The summed E-state index contributed by atoms with van der Waals surface area (Å²) in [7, 11) is 0. The molecule has 2 heterocycles. The Morgan fingerprint density at radius 3 is 3.00 bits per heavy atom. The highest BCUT2D eigenvalue weighted by atomic mass is 15.3. The van der Waals surface area contributed by atoms with Crippen LogP contribution < -0.4 is 10.2 Å². The van der Waals surface area contributed by atoms with Gasteiger partial charge < -0.3 is 15.2 Å². The van der Waals surface area contributed by atoms with Crippen molar-refractivity contribution in [1.29, 1.82) is 0 Å². The summed E-state index contributed by atoms with van der Waals surface area (Å²) in [5, 5.41) is 3.41. The van der Waals surface area contributed by atoms with Crippen molar-refractivity contribution in [2.24, 2.45) is 0 Å².